The van der Waals surface area contributed by atoms with Crippen LogP contribution < -0.4 is 49.1 Å². The van der Waals surface area contributed by atoms with Gasteiger partial charge < -0.3 is 54.2 Å². The van der Waals surface area contributed by atoms with E-state index in [9.17, 15) is 38.7 Å². The van der Waals surface area contributed by atoms with Crippen molar-refractivity contribution >= 4 is 47.3 Å². The summed E-state index contributed by atoms with van der Waals surface area (Å²) in [6.45, 7) is 6.32. The molecule has 13 N–H and O–H groups in total. The molecule has 7 amide bonds. The van der Waals surface area contributed by atoms with E-state index in [1.165, 1.54) is 13.8 Å². The maximum absolute atomic E-state index is 13.5. The van der Waals surface area contributed by atoms with Gasteiger partial charge in [-0.25, -0.2) is 0 Å². The van der Waals surface area contributed by atoms with Crippen LogP contribution in [0.2, 0.25) is 0 Å². The fourth-order valence-electron chi connectivity index (χ4n) is 4.06. The Labute approximate surface area is 262 Å². The van der Waals surface area contributed by atoms with Crippen molar-refractivity contribution in [1.29, 1.82) is 0 Å². The zero-order valence-electron chi connectivity index (χ0n) is 26.4. The van der Waals surface area contributed by atoms with Crippen LogP contribution in [0, 0.1) is 0 Å². The Morgan fingerprint density at radius 2 is 1.22 bits per heavy atom. The van der Waals surface area contributed by atoms with Crippen LogP contribution in [-0.2, 0) is 33.6 Å². The topological polar surface area (TPSA) is 302 Å². The number of nitrogens with one attached hydrogen (secondary N) is 6. The Morgan fingerprint density at radius 3 is 1.71 bits per heavy atom. The zero-order valence-corrected chi connectivity index (χ0v) is 26.4. The van der Waals surface area contributed by atoms with Crippen LogP contribution in [0.5, 0.6) is 0 Å². The van der Waals surface area contributed by atoms with E-state index in [4.69, 9.17) is 17.2 Å². The van der Waals surface area contributed by atoms with Gasteiger partial charge in [0, 0.05) is 39.9 Å². The number of rotatable bonds is 22. The lowest BCUT2D eigenvalue weighted by molar-refractivity contribution is -0.136. The Hall–Kier alpha value is -4.48. The second kappa shape index (κ2) is 22.1. The fraction of sp³-hybridized carbons (Fsp3) is 0.704. The minimum atomic E-state index is -1.41. The smallest absolute Gasteiger partial charge is 0.245 e. The van der Waals surface area contributed by atoms with Crippen molar-refractivity contribution in [3.63, 3.8) is 0 Å². The summed E-state index contributed by atoms with van der Waals surface area (Å²) in [7, 11) is 0. The summed E-state index contributed by atoms with van der Waals surface area (Å²) in [4.78, 5) is 90.6. The highest BCUT2D eigenvalue weighted by molar-refractivity contribution is 5.95. The van der Waals surface area contributed by atoms with Crippen LogP contribution in [0.15, 0.2) is 4.99 Å². The molecule has 18 nitrogen and oxygen atoms in total. The standard InChI is InChI=1S/C27H50N10O8/c1-5-31-23(42)18(10-8-14-33-27(29)30)35-24(43)19(9-6-7-13-32-16(3)39)36-25(44)20(11-12-21(28)41)37-26(45)22(15(2)38)34-17(4)40/h15,18-20,22,38H,5-14H2,1-4H3,(H2,28,41)(H,31,42)(H,32,39)(H,34,40)(H,35,43)(H,36,44)(H,37,45)(H4,29,30,33)/t15-,18+,19+,20+,22+/m1/s1. The minimum Gasteiger partial charge on any atom is -0.391 e. The summed E-state index contributed by atoms with van der Waals surface area (Å²) < 4.78 is 0. The first-order chi connectivity index (χ1) is 21.1. The molecule has 0 fully saturated rings. The lowest BCUT2D eigenvalue weighted by Crippen LogP contribution is -2.59. The maximum atomic E-state index is 13.5. The number of unbranched alkanes of at least 4 members (excludes halogenated alkanes) is 1. The van der Waals surface area contributed by atoms with Crippen molar-refractivity contribution in [3.8, 4) is 0 Å². The van der Waals surface area contributed by atoms with E-state index in [1.54, 1.807) is 6.92 Å². The number of aliphatic hydroxyl groups is 1. The number of primary amides is 1. The van der Waals surface area contributed by atoms with Gasteiger partial charge in [-0.3, -0.25) is 38.6 Å². The van der Waals surface area contributed by atoms with Crippen molar-refractivity contribution in [1.82, 2.24) is 31.9 Å². The number of amides is 7. The van der Waals surface area contributed by atoms with Crippen LogP contribution in [-0.4, -0.2) is 102 Å². The molecule has 0 spiro atoms. The van der Waals surface area contributed by atoms with Crippen molar-refractivity contribution in [2.45, 2.75) is 103 Å². The Morgan fingerprint density at radius 1 is 0.689 bits per heavy atom. The molecule has 0 bridgehead atoms. The third-order valence-corrected chi connectivity index (χ3v) is 6.29. The highest BCUT2D eigenvalue weighted by Gasteiger charge is 2.32. The molecule has 0 unspecified atom stereocenters. The third kappa shape index (κ3) is 18.7. The lowest BCUT2D eigenvalue weighted by Gasteiger charge is -2.27. The lowest BCUT2D eigenvalue weighted by atomic mass is 10.0. The molecule has 45 heavy (non-hydrogen) atoms. The summed E-state index contributed by atoms with van der Waals surface area (Å²) in [6, 6.07) is -4.97. The van der Waals surface area contributed by atoms with Crippen molar-refractivity contribution < 1.29 is 38.7 Å². The van der Waals surface area contributed by atoms with Crippen molar-refractivity contribution in [2.24, 2.45) is 22.2 Å². The molecule has 0 rings (SSSR count). The highest BCUT2D eigenvalue weighted by atomic mass is 16.3. The van der Waals surface area contributed by atoms with E-state index in [-0.39, 0.29) is 44.1 Å². The van der Waals surface area contributed by atoms with Gasteiger partial charge in [-0.15, -0.1) is 0 Å². The zero-order chi connectivity index (χ0) is 34.5. The van der Waals surface area contributed by atoms with Crippen LogP contribution in [0.3, 0.4) is 0 Å². The summed E-state index contributed by atoms with van der Waals surface area (Å²) in [5.74, 6) is -4.62. The number of carbonyl (C=O) groups is 7. The molecule has 0 aromatic heterocycles. The largest absolute Gasteiger partial charge is 0.391 e. The number of hydrogen-bond acceptors (Lipinski definition) is 9. The number of nitrogens with two attached hydrogens (primary N) is 3. The maximum Gasteiger partial charge on any atom is 0.245 e. The van der Waals surface area contributed by atoms with Gasteiger partial charge in [0.05, 0.1) is 6.10 Å². The molecule has 0 aliphatic rings. The average Bonchev–Trinajstić information content (AvgIpc) is 2.93. The number of guanidine groups is 1. The molecular formula is C27H50N10O8. The highest BCUT2D eigenvalue weighted by Crippen LogP contribution is 2.07. The minimum absolute atomic E-state index is 0.0892. The first kappa shape index (κ1) is 40.5. The molecular weight excluding hydrogens is 592 g/mol. The van der Waals surface area contributed by atoms with E-state index in [0.29, 0.717) is 32.4 Å². The molecule has 0 aliphatic heterocycles. The molecule has 18 heteroatoms. The molecule has 0 aromatic carbocycles. The Balaban J connectivity index is 6.02. The number of aliphatic hydroxyl groups excluding tert-OH is 1. The van der Waals surface area contributed by atoms with Crippen LogP contribution in [0.25, 0.3) is 0 Å². The first-order valence-corrected chi connectivity index (χ1v) is 14.8. The first-order valence-electron chi connectivity index (χ1n) is 14.8. The SMILES string of the molecule is CCNC(=O)[C@H](CCCN=C(N)N)NC(=O)[C@H](CCCCNC(C)=O)NC(=O)[C@H](CCC(N)=O)NC(=O)[C@@H](NC(C)=O)[C@@H](C)O. The molecule has 256 valence electrons. The summed E-state index contributed by atoms with van der Waals surface area (Å²) in [6.07, 6.45) is -0.415. The van der Waals surface area contributed by atoms with E-state index in [1.807, 2.05) is 0 Å². The van der Waals surface area contributed by atoms with Gasteiger partial charge in [0.25, 0.3) is 0 Å². The molecule has 0 heterocycles. The Bertz CT molecular complexity index is 1050. The quantitative estimate of drug-likeness (QED) is 0.0311. The second-order valence-electron chi connectivity index (χ2n) is 10.4. The van der Waals surface area contributed by atoms with E-state index >= 15 is 0 Å². The molecule has 0 saturated carbocycles. The summed E-state index contributed by atoms with van der Waals surface area (Å²) >= 11 is 0. The van der Waals surface area contributed by atoms with E-state index in [2.05, 4.69) is 36.9 Å². The number of likely N-dealkylation sites (N-methyl/N-ethyl adjacent to an activating group) is 1. The van der Waals surface area contributed by atoms with Gasteiger partial charge in [-0.2, -0.15) is 0 Å². The molecule has 0 radical (unpaired) electrons. The normalized spacial score (nSPS) is 13.9. The van der Waals surface area contributed by atoms with Crippen LogP contribution in [0.4, 0.5) is 0 Å². The average molecular weight is 643 g/mol. The van der Waals surface area contributed by atoms with Crippen LogP contribution in [0.1, 0.15) is 72.6 Å². The number of aliphatic imine (C=N–C) groups is 1. The molecule has 0 aliphatic carbocycles. The number of hydrogen-bond donors (Lipinski definition) is 10. The van der Waals surface area contributed by atoms with Gasteiger partial charge in [0.1, 0.15) is 24.2 Å². The van der Waals surface area contributed by atoms with Gasteiger partial charge in [0.2, 0.25) is 41.4 Å². The van der Waals surface area contributed by atoms with E-state index < -0.39 is 65.7 Å². The third-order valence-electron chi connectivity index (χ3n) is 6.29. The van der Waals surface area contributed by atoms with Gasteiger partial charge in [-0.1, -0.05) is 0 Å². The van der Waals surface area contributed by atoms with Gasteiger partial charge in [-0.05, 0) is 52.4 Å². The molecule has 5 atom stereocenters. The van der Waals surface area contributed by atoms with Gasteiger partial charge >= 0.3 is 0 Å². The number of carbonyl (C=O) groups excluding carboxylic acids is 7. The fourth-order valence-corrected chi connectivity index (χ4v) is 4.06. The monoisotopic (exact) mass is 642 g/mol. The summed E-state index contributed by atoms with van der Waals surface area (Å²) in [5, 5.41) is 25.2. The van der Waals surface area contributed by atoms with Gasteiger partial charge in [0.15, 0.2) is 5.96 Å². The molecule has 0 aromatic rings. The predicted octanol–water partition coefficient (Wildman–Crippen LogP) is -3.91. The van der Waals surface area contributed by atoms with Crippen molar-refractivity contribution in [3.05, 3.63) is 0 Å². The van der Waals surface area contributed by atoms with Crippen LogP contribution >= 0.6 is 0 Å². The predicted molar refractivity (Wildman–Crippen MR) is 165 cm³/mol. The van der Waals surface area contributed by atoms with E-state index in [0.717, 1.165) is 6.92 Å². The second-order valence-corrected chi connectivity index (χ2v) is 10.4. The molecule has 0 saturated heterocycles. The number of nitrogens with zero attached hydrogens (tertiary/aromatic N) is 1. The van der Waals surface area contributed by atoms with Crippen molar-refractivity contribution in [2.75, 3.05) is 19.6 Å². The Kier molecular flexibility index (Phi) is 19.9. The summed E-state index contributed by atoms with van der Waals surface area (Å²) in [5.41, 5.74) is 15.9.